The number of nitrogens with one attached hydrogen (secondary N) is 1. The highest BCUT2D eigenvalue weighted by molar-refractivity contribution is 7.89. The van der Waals surface area contributed by atoms with Crippen molar-refractivity contribution in [3.8, 4) is 5.75 Å². The third kappa shape index (κ3) is 5.01. The van der Waals surface area contributed by atoms with Gasteiger partial charge in [0.25, 0.3) is 0 Å². The van der Waals surface area contributed by atoms with Gasteiger partial charge in [0.1, 0.15) is 16.5 Å². The zero-order valence-electron chi connectivity index (χ0n) is 15.9. The van der Waals surface area contributed by atoms with Crippen molar-refractivity contribution in [1.82, 2.24) is 4.31 Å². The van der Waals surface area contributed by atoms with Crippen LogP contribution < -0.4 is 10.1 Å². The van der Waals surface area contributed by atoms with Gasteiger partial charge in [-0.3, -0.25) is 0 Å². The Labute approximate surface area is 165 Å². The van der Waals surface area contributed by atoms with Crippen LogP contribution in [-0.2, 0) is 21.3 Å². The van der Waals surface area contributed by atoms with Gasteiger partial charge in [0.05, 0.1) is 19.8 Å². The molecule has 0 atom stereocenters. The summed E-state index contributed by atoms with van der Waals surface area (Å²) in [5.41, 5.74) is 1.55. The third-order valence-corrected chi connectivity index (χ3v) is 6.33. The number of ether oxygens (including phenoxy) is 2. The van der Waals surface area contributed by atoms with Gasteiger partial charge in [-0.05, 0) is 42.3 Å². The van der Waals surface area contributed by atoms with Crippen LogP contribution in [0.3, 0.4) is 0 Å². The van der Waals surface area contributed by atoms with Crippen LogP contribution in [0.1, 0.15) is 18.9 Å². The van der Waals surface area contributed by atoms with E-state index < -0.39 is 15.8 Å². The van der Waals surface area contributed by atoms with E-state index in [0.29, 0.717) is 32.1 Å². The molecular weight excluding hydrogens is 383 g/mol. The van der Waals surface area contributed by atoms with Gasteiger partial charge in [-0.1, -0.05) is 19.1 Å². The second-order valence-electron chi connectivity index (χ2n) is 6.51. The molecule has 0 aliphatic carbocycles. The van der Waals surface area contributed by atoms with Crippen molar-refractivity contribution in [3.63, 3.8) is 0 Å². The first-order valence-electron chi connectivity index (χ1n) is 9.34. The standard InChI is InChI=1S/C20H25FN2O4S/c1-2-11-27-18-6-3-16(4-7-18)15-22-17-5-8-19(21)20(14-17)28(24,25)23-9-12-26-13-10-23/h3-8,14,22H,2,9-13,15H2,1H3. The molecule has 8 heteroatoms. The smallest absolute Gasteiger partial charge is 0.246 e. The zero-order valence-corrected chi connectivity index (χ0v) is 16.7. The number of hydrogen-bond acceptors (Lipinski definition) is 5. The number of sulfonamides is 1. The zero-order chi connectivity index (χ0) is 20.0. The summed E-state index contributed by atoms with van der Waals surface area (Å²) >= 11 is 0. The van der Waals surface area contributed by atoms with Crippen LogP contribution >= 0.6 is 0 Å². The highest BCUT2D eigenvalue weighted by Gasteiger charge is 2.29. The average molecular weight is 408 g/mol. The van der Waals surface area contributed by atoms with Crippen LogP contribution in [0.2, 0.25) is 0 Å². The minimum absolute atomic E-state index is 0.228. The first-order chi connectivity index (χ1) is 13.5. The molecule has 1 N–H and O–H groups in total. The molecule has 0 unspecified atom stereocenters. The topological polar surface area (TPSA) is 67.9 Å². The first-order valence-corrected chi connectivity index (χ1v) is 10.8. The molecule has 28 heavy (non-hydrogen) atoms. The second-order valence-corrected chi connectivity index (χ2v) is 8.41. The minimum Gasteiger partial charge on any atom is -0.494 e. The normalized spacial score (nSPS) is 15.4. The Hall–Kier alpha value is -2.16. The summed E-state index contributed by atoms with van der Waals surface area (Å²) in [5, 5.41) is 3.15. The van der Waals surface area contributed by atoms with E-state index in [4.69, 9.17) is 9.47 Å². The van der Waals surface area contributed by atoms with E-state index in [1.807, 2.05) is 24.3 Å². The Kier molecular flexibility index (Phi) is 6.88. The molecule has 0 bridgehead atoms. The van der Waals surface area contributed by atoms with Gasteiger partial charge in [0, 0.05) is 25.3 Å². The van der Waals surface area contributed by atoms with Crippen molar-refractivity contribution < 1.29 is 22.3 Å². The van der Waals surface area contributed by atoms with Crippen molar-refractivity contribution in [1.29, 1.82) is 0 Å². The fraction of sp³-hybridized carbons (Fsp3) is 0.400. The molecule has 0 radical (unpaired) electrons. The van der Waals surface area contributed by atoms with E-state index in [1.54, 1.807) is 0 Å². The predicted molar refractivity (Wildman–Crippen MR) is 106 cm³/mol. The molecule has 3 rings (SSSR count). The molecule has 0 saturated carbocycles. The largest absolute Gasteiger partial charge is 0.494 e. The summed E-state index contributed by atoms with van der Waals surface area (Å²) in [4.78, 5) is -0.317. The first kappa shape index (κ1) is 20.6. The Morgan fingerprint density at radius 2 is 1.86 bits per heavy atom. The molecule has 1 aliphatic rings. The Bertz CT molecular complexity index is 882. The number of rotatable bonds is 8. The van der Waals surface area contributed by atoms with Crippen LogP contribution in [-0.4, -0.2) is 45.6 Å². The Morgan fingerprint density at radius 3 is 2.54 bits per heavy atom. The number of morpholine rings is 1. The molecule has 1 heterocycles. The lowest BCUT2D eigenvalue weighted by molar-refractivity contribution is 0.0729. The summed E-state index contributed by atoms with van der Waals surface area (Å²) in [7, 11) is -3.89. The average Bonchev–Trinajstić information content (AvgIpc) is 2.73. The summed E-state index contributed by atoms with van der Waals surface area (Å²) in [6, 6.07) is 11.7. The van der Waals surface area contributed by atoms with E-state index in [-0.39, 0.29) is 18.0 Å². The van der Waals surface area contributed by atoms with Gasteiger partial charge in [0.15, 0.2) is 0 Å². The summed E-state index contributed by atoms with van der Waals surface area (Å²) in [5.74, 6) is 0.0562. The number of hydrogen-bond donors (Lipinski definition) is 1. The quantitative estimate of drug-likeness (QED) is 0.726. The van der Waals surface area contributed by atoms with E-state index in [2.05, 4.69) is 12.2 Å². The van der Waals surface area contributed by atoms with E-state index >= 15 is 0 Å². The molecule has 0 spiro atoms. The molecule has 2 aromatic carbocycles. The maximum Gasteiger partial charge on any atom is 0.246 e. The molecule has 1 aliphatic heterocycles. The molecule has 0 aromatic heterocycles. The van der Waals surface area contributed by atoms with E-state index in [9.17, 15) is 12.8 Å². The SMILES string of the molecule is CCCOc1ccc(CNc2ccc(F)c(S(=O)(=O)N3CCOCC3)c2)cc1. The van der Waals surface area contributed by atoms with Crippen molar-refractivity contribution >= 4 is 15.7 Å². The number of anilines is 1. The van der Waals surface area contributed by atoms with Gasteiger partial charge < -0.3 is 14.8 Å². The lowest BCUT2D eigenvalue weighted by atomic mass is 10.2. The lowest BCUT2D eigenvalue weighted by Gasteiger charge is -2.26. The maximum absolute atomic E-state index is 14.3. The molecule has 1 saturated heterocycles. The highest BCUT2D eigenvalue weighted by atomic mass is 32.2. The van der Waals surface area contributed by atoms with Crippen molar-refractivity contribution in [2.24, 2.45) is 0 Å². The number of halogens is 1. The lowest BCUT2D eigenvalue weighted by Crippen LogP contribution is -2.40. The third-order valence-electron chi connectivity index (χ3n) is 4.41. The molecule has 2 aromatic rings. The fourth-order valence-electron chi connectivity index (χ4n) is 2.86. The Morgan fingerprint density at radius 1 is 1.14 bits per heavy atom. The van der Waals surface area contributed by atoms with Gasteiger partial charge in [-0.15, -0.1) is 0 Å². The predicted octanol–water partition coefficient (Wildman–Crippen LogP) is 3.25. The molecule has 0 amide bonds. The fourth-order valence-corrected chi connectivity index (χ4v) is 4.36. The number of benzene rings is 2. The van der Waals surface area contributed by atoms with E-state index in [1.165, 1.54) is 22.5 Å². The summed E-state index contributed by atoms with van der Waals surface area (Å²) in [6.07, 6.45) is 0.948. The van der Waals surface area contributed by atoms with Crippen LogP contribution in [0.25, 0.3) is 0 Å². The van der Waals surface area contributed by atoms with Crippen LogP contribution in [0.15, 0.2) is 47.4 Å². The Balaban J connectivity index is 1.69. The van der Waals surface area contributed by atoms with Crippen LogP contribution in [0.5, 0.6) is 5.75 Å². The molecule has 6 nitrogen and oxygen atoms in total. The van der Waals surface area contributed by atoms with Crippen LogP contribution in [0.4, 0.5) is 10.1 Å². The van der Waals surface area contributed by atoms with E-state index in [0.717, 1.165) is 17.7 Å². The highest BCUT2D eigenvalue weighted by Crippen LogP contribution is 2.24. The summed E-state index contributed by atoms with van der Waals surface area (Å²) < 4.78 is 51.7. The maximum atomic E-state index is 14.3. The molecular formula is C20H25FN2O4S. The minimum atomic E-state index is -3.89. The van der Waals surface area contributed by atoms with Crippen molar-refractivity contribution in [2.75, 3.05) is 38.2 Å². The van der Waals surface area contributed by atoms with Gasteiger partial charge >= 0.3 is 0 Å². The summed E-state index contributed by atoms with van der Waals surface area (Å²) in [6.45, 7) is 4.30. The monoisotopic (exact) mass is 408 g/mol. The molecule has 152 valence electrons. The van der Waals surface area contributed by atoms with Gasteiger partial charge in [-0.25, -0.2) is 12.8 Å². The van der Waals surface area contributed by atoms with Crippen molar-refractivity contribution in [2.45, 2.75) is 24.8 Å². The second kappa shape index (κ2) is 9.36. The molecule has 1 fully saturated rings. The van der Waals surface area contributed by atoms with Crippen molar-refractivity contribution in [3.05, 3.63) is 53.8 Å². The number of nitrogens with zero attached hydrogens (tertiary/aromatic N) is 1. The van der Waals surface area contributed by atoms with Gasteiger partial charge in [0.2, 0.25) is 10.0 Å². The van der Waals surface area contributed by atoms with Crippen LogP contribution in [0, 0.1) is 5.82 Å². The van der Waals surface area contributed by atoms with Gasteiger partial charge in [-0.2, -0.15) is 4.31 Å².